The number of nitrogens with one attached hydrogen (secondary N) is 1. The molecular weight excluding hydrogens is 278 g/mol. The number of morpholine rings is 1. The van der Waals surface area contributed by atoms with Gasteiger partial charge in [0, 0.05) is 31.2 Å². The Balaban J connectivity index is 2.10. The van der Waals surface area contributed by atoms with Crippen LogP contribution in [-0.4, -0.2) is 50.9 Å². The molecule has 6 heteroatoms. The lowest BCUT2D eigenvalue weighted by atomic mass is 10.0. The number of likely N-dealkylation sites (N-methyl/N-ethyl adjacent to an activating group) is 1. The van der Waals surface area contributed by atoms with Crippen LogP contribution in [0.1, 0.15) is 18.5 Å². The van der Waals surface area contributed by atoms with Gasteiger partial charge in [0.2, 0.25) is 0 Å². The summed E-state index contributed by atoms with van der Waals surface area (Å²) in [5.41, 5.74) is 0.780. The van der Waals surface area contributed by atoms with Crippen LogP contribution in [0.4, 0.5) is 8.78 Å². The molecule has 0 bridgehead atoms. The lowest BCUT2D eigenvalue weighted by molar-refractivity contribution is -0.0547. The van der Waals surface area contributed by atoms with E-state index in [4.69, 9.17) is 4.74 Å². The highest BCUT2D eigenvalue weighted by Gasteiger charge is 2.26. The summed E-state index contributed by atoms with van der Waals surface area (Å²) in [6.45, 7) is 2.18. The van der Waals surface area contributed by atoms with Crippen molar-refractivity contribution in [2.24, 2.45) is 0 Å². The first-order chi connectivity index (χ1) is 10.1. The Morgan fingerprint density at radius 1 is 1.43 bits per heavy atom. The van der Waals surface area contributed by atoms with E-state index in [0.29, 0.717) is 6.61 Å². The molecule has 1 fully saturated rings. The predicted molar refractivity (Wildman–Crippen MR) is 76.7 cm³/mol. The van der Waals surface area contributed by atoms with E-state index in [9.17, 15) is 8.78 Å². The number of benzene rings is 1. The number of hydrogen-bond donors (Lipinski definition) is 1. The molecule has 1 aliphatic heterocycles. The number of alkyl halides is 2. The van der Waals surface area contributed by atoms with E-state index in [0.717, 1.165) is 25.2 Å². The van der Waals surface area contributed by atoms with Crippen molar-refractivity contribution in [3.8, 4) is 5.75 Å². The van der Waals surface area contributed by atoms with Crippen LogP contribution >= 0.6 is 0 Å². The second-order valence-electron chi connectivity index (χ2n) is 5.14. The van der Waals surface area contributed by atoms with Gasteiger partial charge in [-0.25, -0.2) is 0 Å². The Bertz CT molecular complexity index is 443. The summed E-state index contributed by atoms with van der Waals surface area (Å²) in [6, 6.07) is 6.98. The highest BCUT2D eigenvalue weighted by molar-refractivity contribution is 5.35. The van der Waals surface area contributed by atoms with Crippen molar-refractivity contribution < 1.29 is 18.3 Å². The highest BCUT2D eigenvalue weighted by atomic mass is 19.3. The van der Waals surface area contributed by atoms with Gasteiger partial charge in [-0.1, -0.05) is 18.2 Å². The third kappa shape index (κ3) is 4.36. The third-order valence-corrected chi connectivity index (χ3v) is 3.73. The molecule has 1 saturated heterocycles. The van der Waals surface area contributed by atoms with Crippen LogP contribution in [0.25, 0.3) is 0 Å². The molecule has 1 heterocycles. The van der Waals surface area contributed by atoms with E-state index >= 15 is 0 Å². The predicted octanol–water partition coefficient (Wildman–Crippen LogP) is 2.27. The molecule has 4 nitrogen and oxygen atoms in total. The molecule has 21 heavy (non-hydrogen) atoms. The maximum absolute atomic E-state index is 12.5. The quantitative estimate of drug-likeness (QED) is 0.874. The van der Waals surface area contributed by atoms with E-state index in [1.54, 1.807) is 12.1 Å². The minimum atomic E-state index is -2.81. The molecule has 2 rings (SSSR count). The van der Waals surface area contributed by atoms with Gasteiger partial charge in [0.25, 0.3) is 0 Å². The molecule has 0 saturated carbocycles. The number of rotatable bonds is 6. The molecule has 1 aromatic carbocycles. The number of hydrogen-bond acceptors (Lipinski definition) is 4. The molecule has 1 aliphatic rings. The zero-order chi connectivity index (χ0) is 15.2. The molecule has 0 radical (unpaired) electrons. The van der Waals surface area contributed by atoms with Crippen molar-refractivity contribution in [1.29, 1.82) is 0 Å². The van der Waals surface area contributed by atoms with Gasteiger partial charge in [0.1, 0.15) is 5.75 Å². The van der Waals surface area contributed by atoms with Gasteiger partial charge >= 0.3 is 6.61 Å². The van der Waals surface area contributed by atoms with Crippen molar-refractivity contribution in [1.82, 2.24) is 10.2 Å². The first kappa shape index (κ1) is 16.1. The number of nitrogens with zero attached hydrogens (tertiary/aromatic N) is 1. The van der Waals surface area contributed by atoms with E-state index in [1.807, 2.05) is 26.1 Å². The van der Waals surface area contributed by atoms with E-state index in [-0.39, 0.29) is 17.9 Å². The van der Waals surface area contributed by atoms with E-state index in [1.165, 1.54) is 0 Å². The van der Waals surface area contributed by atoms with Gasteiger partial charge in [-0.2, -0.15) is 8.78 Å². The van der Waals surface area contributed by atoms with Gasteiger partial charge in [-0.15, -0.1) is 0 Å². The van der Waals surface area contributed by atoms with Crippen LogP contribution in [-0.2, 0) is 4.74 Å². The largest absolute Gasteiger partial charge is 0.434 e. The smallest absolute Gasteiger partial charge is 0.387 e. The van der Waals surface area contributed by atoms with E-state index < -0.39 is 6.61 Å². The Labute approximate surface area is 124 Å². The van der Waals surface area contributed by atoms with Gasteiger partial charge in [-0.3, -0.25) is 4.90 Å². The van der Waals surface area contributed by atoms with Crippen LogP contribution in [0, 0.1) is 0 Å². The van der Waals surface area contributed by atoms with Crippen LogP contribution in [0.3, 0.4) is 0 Å². The van der Waals surface area contributed by atoms with Gasteiger partial charge < -0.3 is 14.8 Å². The second kappa shape index (κ2) is 7.68. The monoisotopic (exact) mass is 300 g/mol. The molecule has 118 valence electrons. The molecule has 2 unspecified atom stereocenters. The fraction of sp³-hybridized carbons (Fsp3) is 0.600. The topological polar surface area (TPSA) is 33.7 Å². The second-order valence-corrected chi connectivity index (χ2v) is 5.14. The van der Waals surface area contributed by atoms with Gasteiger partial charge in [0.15, 0.2) is 0 Å². The van der Waals surface area contributed by atoms with Crippen molar-refractivity contribution in [2.45, 2.75) is 25.7 Å². The minimum Gasteiger partial charge on any atom is -0.434 e. The number of halogens is 2. The molecule has 2 atom stereocenters. The number of ether oxygens (including phenoxy) is 2. The lowest BCUT2D eigenvalue weighted by Crippen LogP contribution is -2.47. The molecule has 0 aliphatic carbocycles. The zero-order valence-corrected chi connectivity index (χ0v) is 12.4. The number of para-hydroxylation sites is 1. The summed E-state index contributed by atoms with van der Waals surface area (Å²) in [7, 11) is 1.89. The molecule has 0 aromatic heterocycles. The summed E-state index contributed by atoms with van der Waals surface area (Å²) in [4.78, 5) is 2.24. The molecule has 0 amide bonds. The van der Waals surface area contributed by atoms with Gasteiger partial charge in [-0.05, 0) is 20.0 Å². The summed E-state index contributed by atoms with van der Waals surface area (Å²) < 4.78 is 35.3. The Kier molecular flexibility index (Phi) is 5.90. The van der Waals surface area contributed by atoms with Crippen molar-refractivity contribution in [3.63, 3.8) is 0 Å². The summed E-state index contributed by atoms with van der Waals surface area (Å²) in [5, 5.41) is 3.10. The summed E-state index contributed by atoms with van der Waals surface area (Å²) in [5.74, 6) is 0.247. The molecule has 1 aromatic rings. The first-order valence-corrected chi connectivity index (χ1v) is 7.15. The average Bonchev–Trinajstić information content (AvgIpc) is 2.47. The van der Waals surface area contributed by atoms with E-state index in [2.05, 4.69) is 15.0 Å². The average molecular weight is 300 g/mol. The van der Waals surface area contributed by atoms with Crippen LogP contribution in [0.5, 0.6) is 5.75 Å². The van der Waals surface area contributed by atoms with Crippen LogP contribution in [0.2, 0.25) is 0 Å². The van der Waals surface area contributed by atoms with Crippen LogP contribution < -0.4 is 10.1 Å². The van der Waals surface area contributed by atoms with Crippen molar-refractivity contribution in [3.05, 3.63) is 29.8 Å². The van der Waals surface area contributed by atoms with Crippen LogP contribution in [0.15, 0.2) is 24.3 Å². The standard InChI is InChI=1S/C15H22F2N2O2/c1-11(19-7-8-20-12(10-19)9-18-2)13-5-3-4-6-14(13)21-15(16)17/h3-6,11-12,15,18H,7-10H2,1-2H3. The Hall–Kier alpha value is -1.24. The minimum absolute atomic E-state index is 0.00297. The van der Waals surface area contributed by atoms with Crippen molar-refractivity contribution >= 4 is 0 Å². The molecular formula is C15H22F2N2O2. The first-order valence-electron chi connectivity index (χ1n) is 7.15. The lowest BCUT2D eigenvalue weighted by Gasteiger charge is -2.37. The summed E-state index contributed by atoms with van der Waals surface area (Å²) in [6.07, 6.45) is 0.120. The SMILES string of the molecule is CNCC1CN(C(C)c2ccccc2OC(F)F)CCO1. The fourth-order valence-electron chi connectivity index (χ4n) is 2.67. The maximum Gasteiger partial charge on any atom is 0.387 e. The summed E-state index contributed by atoms with van der Waals surface area (Å²) >= 11 is 0. The van der Waals surface area contributed by atoms with Crippen molar-refractivity contribution in [2.75, 3.05) is 33.3 Å². The Morgan fingerprint density at radius 3 is 2.90 bits per heavy atom. The molecule has 1 N–H and O–H groups in total. The maximum atomic E-state index is 12.5. The highest BCUT2D eigenvalue weighted by Crippen LogP contribution is 2.31. The van der Waals surface area contributed by atoms with Gasteiger partial charge in [0.05, 0.1) is 12.7 Å². The fourth-order valence-corrected chi connectivity index (χ4v) is 2.67. The third-order valence-electron chi connectivity index (χ3n) is 3.73. The zero-order valence-electron chi connectivity index (χ0n) is 12.4. The normalized spacial score (nSPS) is 21.5. The Morgan fingerprint density at radius 2 is 2.19 bits per heavy atom. The molecule has 0 spiro atoms.